The largest absolute Gasteiger partial charge is 0.389 e. The number of hydrogen-bond acceptors (Lipinski definition) is 4. The van der Waals surface area contributed by atoms with E-state index < -0.39 is 0 Å². The van der Waals surface area contributed by atoms with E-state index in [1.54, 1.807) is 23.0 Å². The third-order valence-corrected chi connectivity index (χ3v) is 3.41. The fraction of sp³-hybridized carbons (Fsp3) is 0.0667. The Morgan fingerprint density at radius 2 is 2.29 bits per heavy atom. The molecular weight excluding hydrogens is 282 g/mol. The van der Waals surface area contributed by atoms with Crippen molar-refractivity contribution in [2.24, 2.45) is 5.73 Å². The Kier molecular flexibility index (Phi) is 3.23. The van der Waals surface area contributed by atoms with Gasteiger partial charge in [-0.1, -0.05) is 24.9 Å². The van der Waals surface area contributed by atoms with Crippen molar-refractivity contribution in [2.75, 3.05) is 0 Å². The maximum atomic E-state index is 5.92. The molecule has 0 atom stereocenters. The number of rotatable bonds is 3. The van der Waals surface area contributed by atoms with Crippen LogP contribution in [0.2, 0.25) is 0 Å². The normalized spacial score (nSPS) is 10.7. The zero-order valence-electron chi connectivity index (χ0n) is 11.4. The summed E-state index contributed by atoms with van der Waals surface area (Å²) >= 11 is 5.22. The number of hydrogen-bond donors (Lipinski definition) is 1. The third kappa shape index (κ3) is 2.19. The molecule has 0 unspecified atom stereocenters. The van der Waals surface area contributed by atoms with Gasteiger partial charge in [0.05, 0.1) is 5.56 Å². The van der Waals surface area contributed by atoms with E-state index >= 15 is 0 Å². The second-order valence-corrected chi connectivity index (χ2v) is 5.03. The van der Waals surface area contributed by atoms with E-state index in [9.17, 15) is 0 Å². The molecule has 0 saturated heterocycles. The monoisotopic (exact) mass is 295 g/mol. The Morgan fingerprint density at radius 3 is 2.90 bits per heavy atom. The molecule has 6 heteroatoms. The molecule has 3 rings (SSSR count). The Labute approximate surface area is 127 Å². The first-order valence-electron chi connectivity index (χ1n) is 6.35. The van der Waals surface area contributed by atoms with Crippen LogP contribution in [-0.2, 0) is 0 Å². The predicted octanol–water partition coefficient (Wildman–Crippen LogP) is 2.38. The van der Waals surface area contributed by atoms with Crippen LogP contribution in [0.1, 0.15) is 17.1 Å². The summed E-state index contributed by atoms with van der Waals surface area (Å²) in [5, 5.41) is 4.37. The molecule has 0 fully saturated rings. The van der Waals surface area contributed by atoms with E-state index in [-0.39, 0.29) is 4.99 Å². The van der Waals surface area contributed by atoms with Crippen LogP contribution in [0.4, 0.5) is 0 Å². The smallest absolute Gasteiger partial charge is 0.174 e. The molecule has 3 aromatic heterocycles. The van der Waals surface area contributed by atoms with E-state index in [4.69, 9.17) is 18.0 Å². The van der Waals surface area contributed by atoms with Crippen LogP contribution < -0.4 is 5.73 Å². The van der Waals surface area contributed by atoms with Crippen LogP contribution in [0.25, 0.3) is 22.9 Å². The average Bonchev–Trinajstić information content (AvgIpc) is 2.92. The Balaban J connectivity index is 2.42. The molecule has 3 heterocycles. The van der Waals surface area contributed by atoms with Gasteiger partial charge in [-0.25, -0.2) is 9.50 Å². The lowest BCUT2D eigenvalue weighted by Gasteiger charge is -2.11. The molecule has 0 aliphatic carbocycles. The zero-order chi connectivity index (χ0) is 15.0. The molecule has 0 amide bonds. The first kappa shape index (κ1) is 13.4. The molecule has 104 valence electrons. The van der Waals surface area contributed by atoms with Crippen molar-refractivity contribution < 1.29 is 0 Å². The van der Waals surface area contributed by atoms with Crippen molar-refractivity contribution >= 4 is 28.9 Å². The summed E-state index contributed by atoms with van der Waals surface area (Å²) in [6.45, 7) is 5.65. The minimum absolute atomic E-state index is 0.280. The van der Waals surface area contributed by atoms with Crippen molar-refractivity contribution in [3.8, 4) is 11.1 Å². The number of fused-ring (bicyclic) bond motifs is 1. The van der Waals surface area contributed by atoms with Crippen LogP contribution in [0.3, 0.4) is 0 Å². The number of pyridine rings is 2. The van der Waals surface area contributed by atoms with Gasteiger partial charge in [-0.05, 0) is 30.7 Å². The maximum Gasteiger partial charge on any atom is 0.174 e. The highest BCUT2D eigenvalue weighted by Gasteiger charge is 2.17. The molecule has 0 aromatic carbocycles. The number of thiocarbonyl (C=S) groups is 1. The van der Waals surface area contributed by atoms with Gasteiger partial charge in [0, 0.05) is 23.7 Å². The summed E-state index contributed by atoms with van der Waals surface area (Å²) < 4.78 is 1.73. The number of nitrogens with two attached hydrogens (primary N) is 1. The maximum absolute atomic E-state index is 5.92. The van der Waals surface area contributed by atoms with E-state index in [1.807, 2.05) is 25.1 Å². The quantitative estimate of drug-likeness (QED) is 0.751. The standard InChI is InChI=1S/C15H13N5S/c1-3-12-18-15-13(14(16)21)11(7-9(2)20(15)19-12)10-5-4-6-17-8-10/h3-8H,1H2,2H3,(H2,16,21). The zero-order valence-corrected chi connectivity index (χ0v) is 12.3. The van der Waals surface area contributed by atoms with Gasteiger partial charge >= 0.3 is 0 Å². The van der Waals surface area contributed by atoms with Crippen molar-refractivity contribution in [1.29, 1.82) is 0 Å². The van der Waals surface area contributed by atoms with Gasteiger partial charge < -0.3 is 5.73 Å². The average molecular weight is 295 g/mol. The summed E-state index contributed by atoms with van der Waals surface area (Å²) in [5.74, 6) is 0.541. The second-order valence-electron chi connectivity index (χ2n) is 4.59. The van der Waals surface area contributed by atoms with Crippen LogP contribution in [0.15, 0.2) is 37.2 Å². The first-order valence-corrected chi connectivity index (χ1v) is 6.75. The SMILES string of the molecule is C=Cc1nc2c(C(N)=S)c(-c3cccnc3)cc(C)n2n1. The summed E-state index contributed by atoms with van der Waals surface area (Å²) in [4.78, 5) is 8.87. The number of aromatic nitrogens is 4. The molecule has 0 aliphatic heterocycles. The van der Waals surface area contributed by atoms with Crippen molar-refractivity contribution in [1.82, 2.24) is 19.6 Å². The van der Waals surface area contributed by atoms with Crippen LogP contribution in [-0.4, -0.2) is 24.6 Å². The lowest BCUT2D eigenvalue weighted by Crippen LogP contribution is -2.14. The molecule has 0 saturated carbocycles. The van der Waals surface area contributed by atoms with E-state index in [1.165, 1.54) is 0 Å². The van der Waals surface area contributed by atoms with Gasteiger partial charge in [0.25, 0.3) is 0 Å². The van der Waals surface area contributed by atoms with Crippen molar-refractivity contribution in [3.63, 3.8) is 0 Å². The topological polar surface area (TPSA) is 69.1 Å². The second kappa shape index (κ2) is 5.06. The summed E-state index contributed by atoms with van der Waals surface area (Å²) in [5.41, 5.74) is 10.0. The van der Waals surface area contributed by atoms with E-state index in [2.05, 4.69) is 21.6 Å². The molecular formula is C15H13N5S. The molecule has 2 N–H and O–H groups in total. The van der Waals surface area contributed by atoms with Gasteiger partial charge in [-0.15, -0.1) is 5.10 Å². The van der Waals surface area contributed by atoms with Gasteiger partial charge in [0.2, 0.25) is 0 Å². The van der Waals surface area contributed by atoms with Gasteiger partial charge in [-0.2, -0.15) is 0 Å². The number of aryl methyl sites for hydroxylation is 1. The van der Waals surface area contributed by atoms with E-state index in [0.717, 1.165) is 16.8 Å². The Hall–Kier alpha value is -2.60. The Morgan fingerprint density at radius 1 is 1.48 bits per heavy atom. The van der Waals surface area contributed by atoms with E-state index in [0.29, 0.717) is 17.0 Å². The molecule has 0 bridgehead atoms. The fourth-order valence-electron chi connectivity index (χ4n) is 2.28. The lowest BCUT2D eigenvalue weighted by molar-refractivity contribution is 0.909. The lowest BCUT2D eigenvalue weighted by atomic mass is 10.0. The van der Waals surface area contributed by atoms with Crippen molar-refractivity contribution in [2.45, 2.75) is 6.92 Å². The summed E-state index contributed by atoms with van der Waals surface area (Å²) in [6.07, 6.45) is 5.10. The molecule has 0 spiro atoms. The molecule has 5 nitrogen and oxygen atoms in total. The molecule has 0 aliphatic rings. The van der Waals surface area contributed by atoms with Gasteiger partial charge in [-0.3, -0.25) is 4.98 Å². The van der Waals surface area contributed by atoms with Gasteiger partial charge in [0.1, 0.15) is 4.99 Å². The highest BCUT2D eigenvalue weighted by Crippen LogP contribution is 2.27. The molecule has 21 heavy (non-hydrogen) atoms. The van der Waals surface area contributed by atoms with Gasteiger partial charge in [0.15, 0.2) is 11.5 Å². The summed E-state index contributed by atoms with van der Waals surface area (Å²) in [7, 11) is 0. The minimum atomic E-state index is 0.280. The van der Waals surface area contributed by atoms with Crippen LogP contribution >= 0.6 is 12.2 Å². The minimum Gasteiger partial charge on any atom is -0.389 e. The van der Waals surface area contributed by atoms with Crippen molar-refractivity contribution in [3.05, 3.63) is 54.3 Å². The van der Waals surface area contributed by atoms with Crippen LogP contribution in [0.5, 0.6) is 0 Å². The third-order valence-electron chi connectivity index (χ3n) is 3.21. The first-order chi connectivity index (χ1) is 10.1. The highest BCUT2D eigenvalue weighted by molar-refractivity contribution is 7.80. The molecule has 0 radical (unpaired) electrons. The summed E-state index contributed by atoms with van der Waals surface area (Å²) in [6, 6.07) is 5.82. The fourth-order valence-corrected chi connectivity index (χ4v) is 2.48. The highest BCUT2D eigenvalue weighted by atomic mass is 32.1. The Bertz CT molecular complexity index is 851. The molecule has 3 aromatic rings. The predicted molar refractivity (Wildman–Crippen MR) is 86.9 cm³/mol. The number of nitrogens with zero attached hydrogens (tertiary/aromatic N) is 4. The van der Waals surface area contributed by atoms with Crippen LogP contribution in [0, 0.1) is 6.92 Å².